The second-order valence-corrected chi connectivity index (χ2v) is 24.1. The van der Waals surface area contributed by atoms with Crippen molar-refractivity contribution < 1.29 is 28.6 Å². The molecule has 472 valence electrons. The van der Waals surface area contributed by atoms with Crippen molar-refractivity contribution in [3.8, 4) is 0 Å². The first-order valence-electron chi connectivity index (χ1n) is 35.8. The standard InChI is InChI=1S/C75H136O6/c1-4-7-10-13-16-19-22-25-28-30-32-33-34-35-36-37-38-39-40-41-42-44-45-47-50-53-56-59-62-65-68-74(77)80-71-72(70-79-73(76)67-64-61-58-55-52-49-27-24-21-18-15-12-9-6-3)81-75(78)69-66-63-60-57-54-51-48-46-43-31-29-26-23-20-17-14-11-8-5-2/h8,11,17,20,24,26-27,29,43,46,72H,4-7,9-10,12-16,18-19,21-23,25,28,30-42,44-45,47-71H2,1-3H3/b11-8-,20-17-,27-24-,29-26-,46-43-. The van der Waals surface area contributed by atoms with Gasteiger partial charge in [0.05, 0.1) is 0 Å². The summed E-state index contributed by atoms with van der Waals surface area (Å²) in [7, 11) is 0. The van der Waals surface area contributed by atoms with Gasteiger partial charge >= 0.3 is 17.9 Å². The van der Waals surface area contributed by atoms with E-state index in [1.165, 1.54) is 238 Å². The number of unbranched alkanes of at least 4 members (excludes halogenated alkanes) is 45. The van der Waals surface area contributed by atoms with E-state index < -0.39 is 6.10 Å². The minimum Gasteiger partial charge on any atom is -0.462 e. The van der Waals surface area contributed by atoms with Crippen LogP contribution in [0.25, 0.3) is 0 Å². The molecule has 1 unspecified atom stereocenters. The van der Waals surface area contributed by atoms with Crippen LogP contribution in [0.5, 0.6) is 0 Å². The normalized spacial score (nSPS) is 12.4. The van der Waals surface area contributed by atoms with Gasteiger partial charge in [-0.15, -0.1) is 0 Å². The Bertz CT molecular complexity index is 1440. The summed E-state index contributed by atoms with van der Waals surface area (Å²) in [6.07, 6.45) is 89.8. The van der Waals surface area contributed by atoms with Crippen molar-refractivity contribution in [2.45, 2.75) is 386 Å². The van der Waals surface area contributed by atoms with Crippen LogP contribution in [0.4, 0.5) is 0 Å². The van der Waals surface area contributed by atoms with Gasteiger partial charge in [0.1, 0.15) is 13.2 Å². The molecule has 0 aliphatic carbocycles. The topological polar surface area (TPSA) is 78.9 Å². The van der Waals surface area contributed by atoms with Crippen LogP contribution < -0.4 is 0 Å². The molecule has 0 saturated carbocycles. The Morgan fingerprint density at radius 3 is 0.765 bits per heavy atom. The number of esters is 3. The lowest BCUT2D eigenvalue weighted by molar-refractivity contribution is -0.167. The van der Waals surface area contributed by atoms with Crippen LogP contribution in [0.15, 0.2) is 60.8 Å². The molecule has 0 amide bonds. The van der Waals surface area contributed by atoms with Crippen molar-refractivity contribution in [3.05, 3.63) is 60.8 Å². The number of carbonyl (C=O) groups is 3. The summed E-state index contributed by atoms with van der Waals surface area (Å²) in [6.45, 7) is 6.56. The van der Waals surface area contributed by atoms with Crippen molar-refractivity contribution in [2.75, 3.05) is 13.2 Å². The smallest absolute Gasteiger partial charge is 0.306 e. The fraction of sp³-hybridized carbons (Fsp3) is 0.827. The Morgan fingerprint density at radius 1 is 0.259 bits per heavy atom. The summed E-state index contributed by atoms with van der Waals surface area (Å²) in [5, 5.41) is 0. The van der Waals surface area contributed by atoms with Gasteiger partial charge in [0.2, 0.25) is 0 Å². The molecule has 0 aliphatic rings. The highest BCUT2D eigenvalue weighted by atomic mass is 16.6. The molecule has 0 bridgehead atoms. The molecule has 0 aliphatic heterocycles. The third-order valence-electron chi connectivity index (χ3n) is 16.0. The Kier molecular flexibility index (Phi) is 67.1. The first kappa shape index (κ1) is 78.1. The van der Waals surface area contributed by atoms with Crippen LogP contribution in [-0.2, 0) is 28.6 Å². The van der Waals surface area contributed by atoms with E-state index in [-0.39, 0.29) is 31.1 Å². The number of hydrogen-bond acceptors (Lipinski definition) is 6. The second-order valence-electron chi connectivity index (χ2n) is 24.1. The average molecular weight is 1130 g/mol. The van der Waals surface area contributed by atoms with Gasteiger partial charge in [-0.3, -0.25) is 14.4 Å². The third-order valence-corrected chi connectivity index (χ3v) is 16.0. The maximum absolute atomic E-state index is 12.9. The number of allylic oxidation sites excluding steroid dienone is 10. The minimum absolute atomic E-state index is 0.0793. The molecule has 81 heavy (non-hydrogen) atoms. The zero-order chi connectivity index (χ0) is 58.5. The molecule has 0 spiro atoms. The first-order valence-corrected chi connectivity index (χ1v) is 35.8. The number of carbonyl (C=O) groups excluding carboxylic acids is 3. The largest absolute Gasteiger partial charge is 0.462 e. The van der Waals surface area contributed by atoms with Crippen LogP contribution in [0.3, 0.4) is 0 Å². The fourth-order valence-corrected chi connectivity index (χ4v) is 10.7. The highest BCUT2D eigenvalue weighted by Crippen LogP contribution is 2.18. The van der Waals surface area contributed by atoms with Crippen molar-refractivity contribution in [3.63, 3.8) is 0 Å². The van der Waals surface area contributed by atoms with Gasteiger partial charge in [0, 0.05) is 19.3 Å². The lowest BCUT2D eigenvalue weighted by Crippen LogP contribution is -2.30. The molecule has 1 atom stereocenters. The van der Waals surface area contributed by atoms with Crippen molar-refractivity contribution >= 4 is 17.9 Å². The lowest BCUT2D eigenvalue weighted by Gasteiger charge is -2.18. The predicted molar refractivity (Wildman–Crippen MR) is 353 cm³/mol. The maximum Gasteiger partial charge on any atom is 0.306 e. The van der Waals surface area contributed by atoms with E-state index in [1.807, 2.05) is 0 Å². The summed E-state index contributed by atoms with van der Waals surface area (Å²) in [5.74, 6) is -0.880. The zero-order valence-electron chi connectivity index (χ0n) is 54.3. The molecular weight excluding hydrogens is 997 g/mol. The Morgan fingerprint density at radius 2 is 0.481 bits per heavy atom. The van der Waals surface area contributed by atoms with Gasteiger partial charge in [-0.25, -0.2) is 0 Å². The molecule has 0 aromatic carbocycles. The Labute approximate surface area is 504 Å². The molecule has 0 heterocycles. The van der Waals surface area contributed by atoms with E-state index in [2.05, 4.69) is 81.5 Å². The van der Waals surface area contributed by atoms with E-state index >= 15 is 0 Å². The molecule has 0 saturated heterocycles. The molecule has 0 N–H and O–H groups in total. The van der Waals surface area contributed by atoms with Crippen LogP contribution in [0.1, 0.15) is 380 Å². The highest BCUT2D eigenvalue weighted by molar-refractivity contribution is 5.71. The van der Waals surface area contributed by atoms with E-state index in [4.69, 9.17) is 14.2 Å². The lowest BCUT2D eigenvalue weighted by atomic mass is 10.0. The number of hydrogen-bond donors (Lipinski definition) is 0. The van der Waals surface area contributed by atoms with Gasteiger partial charge in [0.15, 0.2) is 6.10 Å². The van der Waals surface area contributed by atoms with Crippen molar-refractivity contribution in [1.29, 1.82) is 0 Å². The van der Waals surface area contributed by atoms with Crippen LogP contribution in [-0.4, -0.2) is 37.2 Å². The van der Waals surface area contributed by atoms with Gasteiger partial charge in [-0.05, 0) is 83.5 Å². The van der Waals surface area contributed by atoms with Crippen molar-refractivity contribution in [1.82, 2.24) is 0 Å². The van der Waals surface area contributed by atoms with Gasteiger partial charge in [-0.1, -0.05) is 338 Å². The first-order chi connectivity index (χ1) is 40.0. The monoisotopic (exact) mass is 1130 g/mol. The molecule has 0 fully saturated rings. The molecule has 0 rings (SSSR count). The van der Waals surface area contributed by atoms with Crippen LogP contribution in [0, 0.1) is 0 Å². The van der Waals surface area contributed by atoms with Gasteiger partial charge in [0.25, 0.3) is 0 Å². The molecule has 0 aromatic heterocycles. The molecular formula is C75H136O6. The molecule has 0 radical (unpaired) electrons. The second kappa shape index (κ2) is 69.6. The fourth-order valence-electron chi connectivity index (χ4n) is 10.7. The van der Waals surface area contributed by atoms with Crippen LogP contribution >= 0.6 is 0 Å². The molecule has 6 nitrogen and oxygen atoms in total. The number of rotatable bonds is 66. The summed E-state index contributed by atoms with van der Waals surface area (Å²) >= 11 is 0. The van der Waals surface area contributed by atoms with Crippen LogP contribution in [0.2, 0.25) is 0 Å². The SMILES string of the molecule is CC/C=C\C/C=C\C/C=C\C/C=C\CCCCCCCCC(=O)OC(COC(=O)CCCCCCC/C=C\CCCCCCC)COC(=O)CCCCCCCCCCCCCCCCCCCCCCCCCCCCCCCC. The average Bonchev–Trinajstić information content (AvgIpc) is 3.47. The Balaban J connectivity index is 4.21. The summed E-state index contributed by atoms with van der Waals surface area (Å²) in [5.41, 5.74) is 0. The summed E-state index contributed by atoms with van der Waals surface area (Å²) < 4.78 is 17.0. The summed E-state index contributed by atoms with van der Waals surface area (Å²) in [6, 6.07) is 0. The van der Waals surface area contributed by atoms with E-state index in [9.17, 15) is 14.4 Å². The van der Waals surface area contributed by atoms with E-state index in [0.29, 0.717) is 19.3 Å². The highest BCUT2D eigenvalue weighted by Gasteiger charge is 2.19. The Hall–Kier alpha value is -2.89. The third kappa shape index (κ3) is 67.8. The zero-order valence-corrected chi connectivity index (χ0v) is 54.3. The van der Waals surface area contributed by atoms with Crippen molar-refractivity contribution in [2.24, 2.45) is 0 Å². The molecule has 0 aromatic rings. The molecule has 6 heteroatoms. The van der Waals surface area contributed by atoms with Gasteiger partial charge in [-0.2, -0.15) is 0 Å². The minimum atomic E-state index is -0.786. The quantitative estimate of drug-likeness (QED) is 0.0261. The maximum atomic E-state index is 12.9. The van der Waals surface area contributed by atoms with Gasteiger partial charge < -0.3 is 14.2 Å². The van der Waals surface area contributed by atoms with E-state index in [1.54, 1.807) is 0 Å². The number of ether oxygens (including phenoxy) is 3. The summed E-state index contributed by atoms with van der Waals surface area (Å²) in [4.78, 5) is 38.4. The predicted octanol–water partition coefficient (Wildman–Crippen LogP) is 24.7. The van der Waals surface area contributed by atoms with E-state index in [0.717, 1.165) is 103 Å².